The molecule has 0 rings (SSSR count). The van der Waals surface area contributed by atoms with Crippen LogP contribution in [0.5, 0.6) is 0 Å². The van der Waals surface area contributed by atoms with E-state index in [1.165, 1.54) is 0 Å². The van der Waals surface area contributed by atoms with E-state index < -0.39 is 0 Å². The van der Waals surface area contributed by atoms with Gasteiger partial charge < -0.3 is 10.6 Å². The van der Waals surface area contributed by atoms with Crippen molar-refractivity contribution < 1.29 is 43.3 Å². The normalized spacial score (nSPS) is 3.60. The fourth-order valence-corrected chi connectivity index (χ4v) is 0. The van der Waals surface area contributed by atoms with Crippen LogP contribution in [0.4, 0.5) is 0 Å². The monoisotopic (exact) mass is 153 g/mol. The standard InChI is InChI=1S/C2H6O.H2O.Y/c1-2-3;;/h3H,2H2,1H3;1H2;. The van der Waals surface area contributed by atoms with Gasteiger partial charge in [-0.1, -0.05) is 0 Å². The largest absolute Gasteiger partial charge is 0.412 e. The molecule has 0 aliphatic carbocycles. The topological polar surface area (TPSA) is 51.7 Å². The van der Waals surface area contributed by atoms with E-state index in [-0.39, 0.29) is 44.8 Å². The molecular weight excluding hydrogens is 145 g/mol. The molecule has 0 saturated carbocycles. The second-order valence-electron chi connectivity index (χ2n) is 0.316. The summed E-state index contributed by atoms with van der Waals surface area (Å²) in [5.41, 5.74) is 0. The van der Waals surface area contributed by atoms with Crippen molar-refractivity contribution in [1.82, 2.24) is 0 Å². The first-order valence-corrected chi connectivity index (χ1v) is 1.02. The van der Waals surface area contributed by atoms with Crippen LogP contribution in [0, 0.1) is 0 Å². The van der Waals surface area contributed by atoms with Crippen molar-refractivity contribution in [3.63, 3.8) is 0 Å². The van der Waals surface area contributed by atoms with Crippen LogP contribution in [0.3, 0.4) is 0 Å². The maximum absolute atomic E-state index is 7.57. The number of hydrogen-bond acceptors (Lipinski definition) is 1. The fraction of sp³-hybridized carbons (Fsp3) is 1.00. The molecule has 0 spiro atoms. The van der Waals surface area contributed by atoms with Crippen LogP contribution in [0.15, 0.2) is 0 Å². The van der Waals surface area contributed by atoms with Crippen molar-refractivity contribution in [2.75, 3.05) is 6.61 Å². The zero-order chi connectivity index (χ0) is 2.71. The Balaban J connectivity index is -0.0000000200. The predicted molar refractivity (Wildman–Crippen MR) is 16.4 cm³/mol. The summed E-state index contributed by atoms with van der Waals surface area (Å²) < 4.78 is 0. The van der Waals surface area contributed by atoms with Crippen molar-refractivity contribution in [3.8, 4) is 0 Å². The summed E-state index contributed by atoms with van der Waals surface area (Å²) in [6.45, 7) is 1.93. The summed E-state index contributed by atoms with van der Waals surface area (Å²) in [7, 11) is 0. The van der Waals surface area contributed by atoms with Crippen molar-refractivity contribution in [3.05, 3.63) is 0 Å². The van der Waals surface area contributed by atoms with Crippen LogP contribution in [0.2, 0.25) is 0 Å². The Kier molecular flexibility index (Phi) is 66.0. The Labute approximate surface area is 56.8 Å². The Morgan fingerprint density at radius 2 is 1.60 bits per heavy atom. The smallest absolute Gasteiger partial charge is 0.0402 e. The van der Waals surface area contributed by atoms with Gasteiger partial charge in [0.05, 0.1) is 0 Å². The van der Waals surface area contributed by atoms with E-state index in [4.69, 9.17) is 5.11 Å². The van der Waals surface area contributed by atoms with Gasteiger partial charge in [-0.05, 0) is 6.92 Å². The molecule has 0 fully saturated rings. The van der Waals surface area contributed by atoms with E-state index in [0.29, 0.717) is 0 Å². The molecule has 0 aliphatic heterocycles. The molecule has 0 bridgehead atoms. The number of aliphatic hydroxyl groups is 1. The van der Waals surface area contributed by atoms with Crippen LogP contribution in [-0.2, 0) is 32.7 Å². The Bertz CT molecular complexity index is 7.61. The number of hydrogen-bond donors (Lipinski definition) is 1. The first-order chi connectivity index (χ1) is 1.41. The zero-order valence-corrected chi connectivity index (χ0v) is 6.07. The molecule has 3 N–H and O–H groups in total. The van der Waals surface area contributed by atoms with Crippen LogP contribution in [0.25, 0.3) is 0 Å². The Morgan fingerprint density at radius 1 is 1.60 bits per heavy atom. The van der Waals surface area contributed by atoms with Gasteiger partial charge in [-0.3, -0.25) is 0 Å². The minimum atomic E-state index is 0. The molecule has 31 valence electrons. The molecule has 0 heterocycles. The van der Waals surface area contributed by atoms with Crippen LogP contribution < -0.4 is 0 Å². The van der Waals surface area contributed by atoms with Gasteiger partial charge >= 0.3 is 0 Å². The SMILES string of the molecule is CCO.O.[Y]. The summed E-state index contributed by atoms with van der Waals surface area (Å²) >= 11 is 0. The first-order valence-electron chi connectivity index (χ1n) is 1.02. The summed E-state index contributed by atoms with van der Waals surface area (Å²) in [5.74, 6) is 0. The van der Waals surface area contributed by atoms with E-state index in [1.807, 2.05) is 0 Å². The van der Waals surface area contributed by atoms with Gasteiger partial charge in [0.1, 0.15) is 0 Å². The van der Waals surface area contributed by atoms with Gasteiger partial charge in [-0.2, -0.15) is 0 Å². The van der Waals surface area contributed by atoms with Gasteiger partial charge in [0.2, 0.25) is 0 Å². The van der Waals surface area contributed by atoms with Crippen LogP contribution in [-0.4, -0.2) is 17.2 Å². The van der Waals surface area contributed by atoms with Gasteiger partial charge in [0, 0.05) is 39.3 Å². The minimum Gasteiger partial charge on any atom is -0.412 e. The summed E-state index contributed by atoms with van der Waals surface area (Å²) in [6, 6.07) is 0. The molecule has 0 aromatic carbocycles. The molecule has 5 heavy (non-hydrogen) atoms. The molecule has 0 unspecified atom stereocenters. The molecular formula is C2H8O2Y. The van der Waals surface area contributed by atoms with E-state index >= 15 is 0 Å². The molecule has 0 saturated heterocycles. The van der Waals surface area contributed by atoms with Gasteiger partial charge in [0.15, 0.2) is 0 Å². The zero-order valence-electron chi connectivity index (χ0n) is 3.23. The Morgan fingerprint density at radius 3 is 1.60 bits per heavy atom. The van der Waals surface area contributed by atoms with Gasteiger partial charge in [-0.25, -0.2) is 0 Å². The average molecular weight is 153 g/mol. The second kappa shape index (κ2) is 19.9. The molecule has 1 radical (unpaired) electrons. The van der Waals surface area contributed by atoms with Crippen molar-refractivity contribution in [2.45, 2.75) is 6.92 Å². The van der Waals surface area contributed by atoms with Crippen molar-refractivity contribution in [2.24, 2.45) is 0 Å². The third kappa shape index (κ3) is 43.8. The Hall–Kier alpha value is 1.02. The summed E-state index contributed by atoms with van der Waals surface area (Å²) in [6.07, 6.45) is 0. The van der Waals surface area contributed by atoms with Crippen LogP contribution >= 0.6 is 0 Å². The van der Waals surface area contributed by atoms with E-state index in [9.17, 15) is 0 Å². The molecule has 0 aliphatic rings. The minimum absolute atomic E-state index is 0. The van der Waals surface area contributed by atoms with Gasteiger partial charge in [-0.15, -0.1) is 0 Å². The first kappa shape index (κ1) is 16.6. The molecule has 0 aromatic rings. The van der Waals surface area contributed by atoms with E-state index in [0.717, 1.165) is 0 Å². The molecule has 0 amide bonds. The predicted octanol–water partition coefficient (Wildman–Crippen LogP) is -0.829. The average Bonchev–Trinajstić information content (AvgIpc) is 0.918. The quantitative estimate of drug-likeness (QED) is 0.485. The maximum atomic E-state index is 7.57. The molecule has 0 atom stereocenters. The summed E-state index contributed by atoms with van der Waals surface area (Å²) in [5, 5.41) is 7.57. The van der Waals surface area contributed by atoms with Crippen molar-refractivity contribution >= 4 is 0 Å². The third-order valence-corrected chi connectivity index (χ3v) is 0. The molecule has 3 heteroatoms. The fourth-order valence-electron chi connectivity index (χ4n) is 0. The van der Waals surface area contributed by atoms with Crippen molar-refractivity contribution in [1.29, 1.82) is 0 Å². The van der Waals surface area contributed by atoms with E-state index in [1.54, 1.807) is 6.92 Å². The maximum Gasteiger partial charge on any atom is 0.0402 e. The van der Waals surface area contributed by atoms with Crippen LogP contribution in [0.1, 0.15) is 6.92 Å². The number of rotatable bonds is 0. The second-order valence-corrected chi connectivity index (χ2v) is 0.316. The molecule has 0 aromatic heterocycles. The molecule has 2 nitrogen and oxygen atoms in total. The number of aliphatic hydroxyl groups excluding tert-OH is 1. The van der Waals surface area contributed by atoms with E-state index in [2.05, 4.69) is 0 Å². The third-order valence-electron chi connectivity index (χ3n) is 0. The summed E-state index contributed by atoms with van der Waals surface area (Å²) in [4.78, 5) is 0. The van der Waals surface area contributed by atoms with Gasteiger partial charge in [0.25, 0.3) is 0 Å².